The van der Waals surface area contributed by atoms with Gasteiger partial charge in [-0.2, -0.15) is 0 Å². The van der Waals surface area contributed by atoms with Crippen molar-refractivity contribution in [3.05, 3.63) is 164 Å². The first kappa shape index (κ1) is 29.0. The van der Waals surface area contributed by atoms with Gasteiger partial charge in [0, 0.05) is 33.5 Å². The Morgan fingerprint density at radius 1 is 0.463 bits per heavy atom. The topological polar surface area (TPSA) is 34.1 Å². The van der Waals surface area contributed by atoms with E-state index in [2.05, 4.69) is 36.5 Å². The number of benzene rings is 5. The van der Waals surface area contributed by atoms with Crippen LogP contribution in [0.1, 0.15) is 0 Å². The summed E-state index contributed by atoms with van der Waals surface area (Å²) in [6, 6.07) is 51.6. The van der Waals surface area contributed by atoms with Crippen LogP contribution in [0.25, 0.3) is 0 Å². The van der Waals surface area contributed by atoms with Gasteiger partial charge in [-0.05, 0) is 12.1 Å². The van der Waals surface area contributed by atoms with Gasteiger partial charge >= 0.3 is 0 Å². The quantitative estimate of drug-likeness (QED) is 0.115. The van der Waals surface area contributed by atoms with Crippen molar-refractivity contribution in [3.8, 4) is 0 Å². The molecule has 0 saturated carbocycles. The molecule has 41 heavy (non-hydrogen) atoms. The van der Waals surface area contributed by atoms with E-state index in [0.29, 0.717) is 12.3 Å². The van der Waals surface area contributed by atoms with E-state index in [4.69, 9.17) is 0 Å². The van der Waals surface area contributed by atoms with Crippen molar-refractivity contribution in [2.45, 2.75) is 12.1 Å². The van der Waals surface area contributed by atoms with Crippen molar-refractivity contribution in [3.63, 3.8) is 0 Å². The van der Waals surface area contributed by atoms with Crippen LogP contribution in [0.2, 0.25) is 12.1 Å². The zero-order valence-electron chi connectivity index (χ0n) is 23.3. The molecule has 0 aliphatic carbocycles. The van der Waals surface area contributed by atoms with Crippen LogP contribution in [0, 0.1) is 0 Å². The molecular weight excluding hydrogens is 554 g/mol. The molecule has 0 N–H and O–H groups in total. The van der Waals surface area contributed by atoms with E-state index in [-0.39, 0.29) is 0 Å². The summed E-state index contributed by atoms with van der Waals surface area (Å²) in [5, 5.41) is 4.77. The van der Waals surface area contributed by atoms with Crippen LogP contribution in [0.5, 0.6) is 0 Å². The Morgan fingerprint density at radius 2 is 0.732 bits per heavy atom. The second kappa shape index (κ2) is 13.0. The van der Waals surface area contributed by atoms with E-state index in [1.807, 2.05) is 127 Å². The van der Waals surface area contributed by atoms with E-state index in [9.17, 15) is 9.13 Å². The van der Waals surface area contributed by atoms with Gasteiger partial charge in [-0.25, -0.2) is 0 Å². The SMILES string of the molecule is C=C[Si](CCP(=O)(c1ccccc1)c1ccccc1)(CCP(=O)(c1ccccc1)c1ccccc1)c1ccccc1. The fourth-order valence-corrected chi connectivity index (χ4v) is 18.0. The van der Waals surface area contributed by atoms with Gasteiger partial charge in [-0.3, -0.25) is 0 Å². The lowest BCUT2D eigenvalue weighted by atomic mass is 10.4. The summed E-state index contributed by atoms with van der Waals surface area (Å²) >= 11 is 0. The van der Waals surface area contributed by atoms with Crippen molar-refractivity contribution in [1.82, 2.24) is 0 Å². The molecule has 0 radical (unpaired) electrons. The van der Waals surface area contributed by atoms with Gasteiger partial charge in [0.15, 0.2) is 0 Å². The predicted molar refractivity (Wildman–Crippen MR) is 181 cm³/mol. The van der Waals surface area contributed by atoms with Crippen LogP contribution in [-0.2, 0) is 9.13 Å². The lowest BCUT2D eigenvalue weighted by Crippen LogP contribution is -2.48. The molecule has 0 bridgehead atoms. The molecule has 0 unspecified atom stereocenters. The molecule has 0 fully saturated rings. The van der Waals surface area contributed by atoms with Crippen LogP contribution in [0.4, 0.5) is 0 Å². The Hall–Kier alpha value is -3.48. The Kier molecular flexibility index (Phi) is 9.21. The summed E-state index contributed by atoms with van der Waals surface area (Å²) in [7, 11) is -8.31. The highest BCUT2D eigenvalue weighted by Gasteiger charge is 2.39. The summed E-state index contributed by atoms with van der Waals surface area (Å²) in [4.78, 5) is 0. The maximum Gasteiger partial charge on any atom is 0.143 e. The van der Waals surface area contributed by atoms with Crippen molar-refractivity contribution in [2.75, 3.05) is 12.3 Å². The van der Waals surface area contributed by atoms with Gasteiger partial charge in [-0.15, -0.1) is 6.58 Å². The van der Waals surface area contributed by atoms with E-state index in [1.165, 1.54) is 5.19 Å². The van der Waals surface area contributed by atoms with Crippen LogP contribution in [0.3, 0.4) is 0 Å². The second-order valence-electron chi connectivity index (χ2n) is 10.5. The van der Waals surface area contributed by atoms with Crippen molar-refractivity contribution in [2.24, 2.45) is 0 Å². The molecule has 0 heterocycles. The maximum atomic E-state index is 15.0. The third kappa shape index (κ3) is 6.24. The average Bonchev–Trinajstić information content (AvgIpc) is 3.07. The third-order valence-corrected chi connectivity index (χ3v) is 19.8. The molecule has 0 atom stereocenters. The van der Waals surface area contributed by atoms with E-state index < -0.39 is 22.4 Å². The minimum absolute atomic E-state index is 0.537. The molecule has 5 aromatic rings. The van der Waals surface area contributed by atoms with Gasteiger partial charge in [0.05, 0.1) is 0 Å². The summed E-state index contributed by atoms with van der Waals surface area (Å²) in [6.07, 6.45) is 1.07. The summed E-state index contributed by atoms with van der Waals surface area (Å²) in [5.41, 5.74) is 2.14. The number of rotatable bonds is 12. The van der Waals surface area contributed by atoms with Crippen LogP contribution in [0.15, 0.2) is 164 Å². The zero-order valence-corrected chi connectivity index (χ0v) is 26.0. The van der Waals surface area contributed by atoms with Gasteiger partial charge in [0.25, 0.3) is 0 Å². The smallest absolute Gasteiger partial charge is 0.143 e. The molecule has 0 aliphatic heterocycles. The van der Waals surface area contributed by atoms with Gasteiger partial charge in [0.2, 0.25) is 0 Å². The summed E-state index contributed by atoms with van der Waals surface area (Å²) < 4.78 is 30.0. The van der Waals surface area contributed by atoms with Gasteiger partial charge < -0.3 is 9.13 Å². The van der Waals surface area contributed by atoms with Gasteiger partial charge in [-0.1, -0.05) is 163 Å². The Balaban J connectivity index is 1.55. The summed E-state index contributed by atoms with van der Waals surface area (Å²) in [6.45, 7) is 4.38. The zero-order chi connectivity index (χ0) is 28.6. The highest BCUT2D eigenvalue weighted by Crippen LogP contribution is 2.48. The van der Waals surface area contributed by atoms with Gasteiger partial charge in [0.1, 0.15) is 22.4 Å². The molecule has 2 nitrogen and oxygen atoms in total. The molecule has 5 heteroatoms. The highest BCUT2D eigenvalue weighted by atomic mass is 31.2. The molecular formula is C36H36O2P2Si. The second-order valence-corrected chi connectivity index (χ2v) is 20.7. The van der Waals surface area contributed by atoms with Crippen LogP contribution < -0.4 is 26.4 Å². The largest absolute Gasteiger partial charge is 0.314 e. The average molecular weight is 591 g/mol. The molecule has 5 aromatic carbocycles. The number of hydrogen-bond donors (Lipinski definition) is 0. The molecule has 206 valence electrons. The monoisotopic (exact) mass is 590 g/mol. The lowest BCUT2D eigenvalue weighted by molar-refractivity contribution is 0.587. The third-order valence-electron chi connectivity index (χ3n) is 8.18. The van der Waals surface area contributed by atoms with E-state index in [1.54, 1.807) is 0 Å². The van der Waals surface area contributed by atoms with Crippen LogP contribution >= 0.6 is 14.3 Å². The maximum absolute atomic E-state index is 15.0. The molecule has 0 spiro atoms. The predicted octanol–water partition coefficient (Wildman–Crippen LogP) is 7.10. The Bertz CT molecular complexity index is 1450. The number of hydrogen-bond acceptors (Lipinski definition) is 2. The van der Waals surface area contributed by atoms with Crippen molar-refractivity contribution >= 4 is 48.8 Å². The first-order chi connectivity index (χ1) is 20.0. The molecule has 5 rings (SSSR count). The molecule has 0 aliphatic rings. The lowest BCUT2D eigenvalue weighted by Gasteiger charge is -2.33. The minimum Gasteiger partial charge on any atom is -0.314 e. The highest BCUT2D eigenvalue weighted by molar-refractivity contribution is 7.79. The fourth-order valence-electron chi connectivity index (χ4n) is 5.71. The van der Waals surface area contributed by atoms with Crippen molar-refractivity contribution in [1.29, 1.82) is 0 Å². The van der Waals surface area contributed by atoms with Crippen molar-refractivity contribution < 1.29 is 9.13 Å². The summed E-state index contributed by atoms with van der Waals surface area (Å²) in [5.74, 6) is 0. The first-order valence-electron chi connectivity index (χ1n) is 14.1. The molecule has 0 saturated heterocycles. The molecule has 0 aromatic heterocycles. The van der Waals surface area contributed by atoms with E-state index >= 15 is 0 Å². The minimum atomic E-state index is -2.92. The fraction of sp³-hybridized carbons (Fsp3) is 0.111. The normalized spacial score (nSPS) is 12.1. The van der Waals surface area contributed by atoms with Crippen LogP contribution in [-0.4, -0.2) is 20.4 Å². The van der Waals surface area contributed by atoms with E-state index in [0.717, 1.165) is 33.3 Å². The Morgan fingerprint density at radius 3 is 1.00 bits per heavy atom. The molecule has 0 amide bonds. The first-order valence-corrected chi connectivity index (χ1v) is 20.4. The Labute approximate surface area is 245 Å². The standard InChI is InChI=1S/C36H36O2P2Si/c1-2-41(36-26-16-7-17-27-36,30-28-39(37,32-18-8-3-9-19-32)33-20-10-4-11-21-33)31-29-40(38,34-22-12-5-13-23-34)35-24-14-6-15-25-35/h2-27H,1,28-31H2.